The zero-order valence-electron chi connectivity index (χ0n) is 12.8. The molecular weight excluding hydrogens is 288 g/mol. The number of para-hydroxylation sites is 2. The predicted molar refractivity (Wildman–Crippen MR) is 88.2 cm³/mol. The molecule has 0 spiro atoms. The molecule has 0 fully saturated rings. The first-order valence-corrected chi connectivity index (χ1v) is 7.44. The standard InChI is InChI=1S/C20H17O3/c1-15-9-8-14-18(21)19(15)20(22-16-10-4-2-5-11-16)23-17-12-6-3-7-13-17/h2-14,20H,1H3. The lowest BCUT2D eigenvalue weighted by molar-refractivity contribution is 0.000804. The van der Waals surface area contributed by atoms with Gasteiger partial charge in [-0.2, -0.15) is 0 Å². The van der Waals surface area contributed by atoms with Gasteiger partial charge in [0.25, 0.3) is 6.29 Å². The van der Waals surface area contributed by atoms with Gasteiger partial charge in [0.1, 0.15) is 11.5 Å². The van der Waals surface area contributed by atoms with Gasteiger partial charge in [-0.3, -0.25) is 5.11 Å². The largest absolute Gasteiger partial charge is 0.450 e. The molecule has 0 aromatic heterocycles. The number of hydrogen-bond donors (Lipinski definition) is 0. The Morgan fingerprint density at radius 3 is 1.70 bits per heavy atom. The summed E-state index contributed by atoms with van der Waals surface area (Å²) in [5, 5.41) is 12.3. The number of aryl methyl sites for hydroxylation is 1. The molecule has 115 valence electrons. The first-order valence-electron chi connectivity index (χ1n) is 7.44. The van der Waals surface area contributed by atoms with Gasteiger partial charge in [-0.1, -0.05) is 48.5 Å². The van der Waals surface area contributed by atoms with Gasteiger partial charge in [-0.15, -0.1) is 0 Å². The minimum absolute atomic E-state index is 0.0955. The van der Waals surface area contributed by atoms with Crippen LogP contribution in [0.2, 0.25) is 0 Å². The van der Waals surface area contributed by atoms with Crippen molar-refractivity contribution in [1.29, 1.82) is 0 Å². The van der Waals surface area contributed by atoms with Gasteiger partial charge in [0, 0.05) is 0 Å². The molecule has 0 N–H and O–H groups in total. The van der Waals surface area contributed by atoms with Gasteiger partial charge in [0.15, 0.2) is 5.75 Å². The van der Waals surface area contributed by atoms with Crippen LogP contribution in [0.15, 0.2) is 78.9 Å². The molecule has 3 rings (SSSR count). The molecule has 0 bridgehead atoms. The van der Waals surface area contributed by atoms with Crippen LogP contribution in [0.3, 0.4) is 0 Å². The predicted octanol–water partition coefficient (Wildman–Crippen LogP) is 5.30. The summed E-state index contributed by atoms with van der Waals surface area (Å²) < 4.78 is 11.9. The van der Waals surface area contributed by atoms with E-state index in [9.17, 15) is 5.11 Å². The van der Waals surface area contributed by atoms with E-state index in [0.29, 0.717) is 17.1 Å². The molecule has 0 saturated heterocycles. The lowest BCUT2D eigenvalue weighted by Gasteiger charge is -2.22. The van der Waals surface area contributed by atoms with Crippen LogP contribution in [0.1, 0.15) is 17.4 Å². The molecule has 0 atom stereocenters. The van der Waals surface area contributed by atoms with E-state index in [2.05, 4.69) is 0 Å². The molecule has 1 radical (unpaired) electrons. The zero-order valence-corrected chi connectivity index (χ0v) is 12.8. The van der Waals surface area contributed by atoms with Crippen LogP contribution in [-0.2, 0) is 5.11 Å². The highest BCUT2D eigenvalue weighted by molar-refractivity contribution is 5.40. The van der Waals surface area contributed by atoms with Crippen molar-refractivity contribution in [2.45, 2.75) is 13.2 Å². The van der Waals surface area contributed by atoms with E-state index in [1.807, 2.05) is 73.7 Å². The smallest absolute Gasteiger partial charge is 0.271 e. The summed E-state index contributed by atoms with van der Waals surface area (Å²) in [6.07, 6.45) is -0.798. The van der Waals surface area contributed by atoms with Crippen molar-refractivity contribution in [3.8, 4) is 17.2 Å². The summed E-state index contributed by atoms with van der Waals surface area (Å²) in [6.45, 7) is 1.88. The van der Waals surface area contributed by atoms with Gasteiger partial charge >= 0.3 is 0 Å². The van der Waals surface area contributed by atoms with Crippen molar-refractivity contribution in [2.24, 2.45) is 0 Å². The normalized spacial score (nSPS) is 10.5. The maximum atomic E-state index is 12.3. The van der Waals surface area contributed by atoms with E-state index >= 15 is 0 Å². The molecule has 0 amide bonds. The highest BCUT2D eigenvalue weighted by atomic mass is 16.7. The number of hydrogen-bond acceptors (Lipinski definition) is 2. The minimum Gasteiger partial charge on any atom is -0.450 e. The Labute approximate surface area is 135 Å². The van der Waals surface area contributed by atoms with Crippen molar-refractivity contribution < 1.29 is 14.6 Å². The monoisotopic (exact) mass is 305 g/mol. The van der Waals surface area contributed by atoms with E-state index in [1.165, 1.54) is 6.07 Å². The van der Waals surface area contributed by atoms with Crippen molar-refractivity contribution in [1.82, 2.24) is 0 Å². The van der Waals surface area contributed by atoms with E-state index in [-0.39, 0.29) is 5.75 Å². The molecule has 0 aliphatic heterocycles. The van der Waals surface area contributed by atoms with Crippen molar-refractivity contribution in [2.75, 3.05) is 0 Å². The second-order valence-corrected chi connectivity index (χ2v) is 5.18. The third kappa shape index (κ3) is 3.64. The Kier molecular flexibility index (Phi) is 4.48. The molecule has 3 aromatic rings. The summed E-state index contributed by atoms with van der Waals surface area (Å²) in [6, 6.07) is 23.8. The molecular formula is C20H17O3. The molecule has 0 aliphatic rings. The summed E-state index contributed by atoms with van der Waals surface area (Å²) in [7, 11) is 0. The highest BCUT2D eigenvalue weighted by Gasteiger charge is 2.22. The van der Waals surface area contributed by atoms with Crippen LogP contribution in [0.25, 0.3) is 0 Å². The molecule has 0 saturated carbocycles. The van der Waals surface area contributed by atoms with Crippen molar-refractivity contribution in [3.05, 3.63) is 90.0 Å². The zero-order chi connectivity index (χ0) is 16.1. The topological polar surface area (TPSA) is 38.4 Å². The lowest BCUT2D eigenvalue weighted by atomic mass is 10.1. The fourth-order valence-electron chi connectivity index (χ4n) is 2.34. The Balaban J connectivity index is 1.96. The fourth-order valence-corrected chi connectivity index (χ4v) is 2.34. The second kappa shape index (κ2) is 6.88. The highest BCUT2D eigenvalue weighted by Crippen LogP contribution is 2.33. The average molecular weight is 305 g/mol. The van der Waals surface area contributed by atoms with Gasteiger partial charge in [-0.25, -0.2) is 0 Å². The first kappa shape index (κ1) is 15.0. The lowest BCUT2D eigenvalue weighted by Crippen LogP contribution is -2.16. The second-order valence-electron chi connectivity index (χ2n) is 5.18. The molecule has 3 aromatic carbocycles. The maximum absolute atomic E-state index is 12.3. The van der Waals surface area contributed by atoms with E-state index in [4.69, 9.17) is 9.47 Å². The summed E-state index contributed by atoms with van der Waals surface area (Å²) in [5.74, 6) is 1.20. The third-order valence-electron chi connectivity index (χ3n) is 3.49. The quantitative estimate of drug-likeness (QED) is 0.600. The number of benzene rings is 3. The Hall–Kier alpha value is -2.94. The van der Waals surface area contributed by atoms with Crippen LogP contribution in [0.5, 0.6) is 17.2 Å². The van der Waals surface area contributed by atoms with Crippen molar-refractivity contribution in [3.63, 3.8) is 0 Å². The molecule has 0 aliphatic carbocycles. The molecule has 3 nitrogen and oxygen atoms in total. The maximum Gasteiger partial charge on any atom is 0.271 e. The Morgan fingerprint density at radius 2 is 1.22 bits per heavy atom. The molecule has 0 heterocycles. The van der Waals surface area contributed by atoms with Gasteiger partial charge < -0.3 is 9.47 Å². The fraction of sp³-hybridized carbons (Fsp3) is 0.100. The van der Waals surface area contributed by atoms with Crippen LogP contribution >= 0.6 is 0 Å². The average Bonchev–Trinajstić information content (AvgIpc) is 2.56. The third-order valence-corrected chi connectivity index (χ3v) is 3.49. The summed E-state index contributed by atoms with van der Waals surface area (Å²) >= 11 is 0. The van der Waals surface area contributed by atoms with Crippen LogP contribution < -0.4 is 9.47 Å². The Morgan fingerprint density at radius 1 is 0.696 bits per heavy atom. The van der Waals surface area contributed by atoms with Gasteiger partial charge in [0.05, 0.1) is 5.56 Å². The molecule has 0 unspecified atom stereocenters. The first-order chi connectivity index (χ1) is 11.2. The summed E-state index contributed by atoms with van der Waals surface area (Å²) in [5.41, 5.74) is 1.36. The minimum atomic E-state index is -0.798. The Bertz CT molecular complexity index is 693. The number of ether oxygens (including phenoxy) is 2. The van der Waals surface area contributed by atoms with Crippen LogP contribution in [0, 0.1) is 6.92 Å². The van der Waals surface area contributed by atoms with Gasteiger partial charge in [0.2, 0.25) is 0 Å². The van der Waals surface area contributed by atoms with E-state index in [1.54, 1.807) is 6.07 Å². The van der Waals surface area contributed by atoms with Crippen LogP contribution in [-0.4, -0.2) is 0 Å². The number of rotatable bonds is 5. The van der Waals surface area contributed by atoms with Gasteiger partial charge in [-0.05, 0) is 42.8 Å². The molecule has 3 heteroatoms. The van der Waals surface area contributed by atoms with Crippen LogP contribution in [0.4, 0.5) is 0 Å². The summed E-state index contributed by atoms with van der Waals surface area (Å²) in [4.78, 5) is 0. The van der Waals surface area contributed by atoms with Crippen molar-refractivity contribution >= 4 is 0 Å². The SMILES string of the molecule is Cc1cccc([O])c1C(Oc1ccccc1)Oc1ccccc1. The van der Waals surface area contributed by atoms with E-state index < -0.39 is 6.29 Å². The molecule has 23 heavy (non-hydrogen) atoms. The van der Waals surface area contributed by atoms with E-state index in [0.717, 1.165) is 5.56 Å².